The van der Waals surface area contributed by atoms with Crippen molar-refractivity contribution in [3.8, 4) is 11.8 Å². The normalized spacial score (nSPS) is 22.6. The summed E-state index contributed by atoms with van der Waals surface area (Å²) in [5, 5.41) is 5.73. The summed E-state index contributed by atoms with van der Waals surface area (Å²) >= 11 is 0. The summed E-state index contributed by atoms with van der Waals surface area (Å²) in [4.78, 5) is 23.0. The van der Waals surface area contributed by atoms with Crippen molar-refractivity contribution in [2.45, 2.75) is 31.6 Å². The molecule has 1 aromatic carbocycles. The molecule has 0 radical (unpaired) electrons. The fourth-order valence-corrected chi connectivity index (χ4v) is 2.96. The minimum Gasteiger partial charge on any atom is -0.317 e. The number of carbonyl (C=O) groups is 2. The van der Waals surface area contributed by atoms with Gasteiger partial charge >= 0.3 is 0 Å². The van der Waals surface area contributed by atoms with Gasteiger partial charge in [0, 0.05) is 17.9 Å². The number of imide groups is 1. The van der Waals surface area contributed by atoms with Crippen LogP contribution in [-0.4, -0.2) is 24.9 Å². The summed E-state index contributed by atoms with van der Waals surface area (Å²) in [5.74, 6) is 6.47. The van der Waals surface area contributed by atoms with E-state index in [4.69, 9.17) is 0 Å². The van der Waals surface area contributed by atoms with E-state index in [9.17, 15) is 9.59 Å². The minimum atomic E-state index is -0.218. The van der Waals surface area contributed by atoms with Gasteiger partial charge in [0.1, 0.15) is 0 Å². The molecule has 0 bridgehead atoms. The van der Waals surface area contributed by atoms with Crippen LogP contribution in [0.5, 0.6) is 0 Å². The van der Waals surface area contributed by atoms with Gasteiger partial charge in [-0.2, -0.15) is 0 Å². The molecule has 2 saturated heterocycles. The van der Waals surface area contributed by atoms with Gasteiger partial charge in [-0.05, 0) is 50.0 Å². The highest BCUT2D eigenvalue weighted by molar-refractivity contribution is 6.00. The Kier molecular flexibility index (Phi) is 4.55. The first kappa shape index (κ1) is 14.8. The van der Waals surface area contributed by atoms with E-state index in [1.54, 1.807) is 0 Å². The van der Waals surface area contributed by atoms with Gasteiger partial charge in [0.05, 0.1) is 5.92 Å². The van der Waals surface area contributed by atoms with Crippen LogP contribution in [0.1, 0.15) is 42.7 Å². The lowest BCUT2D eigenvalue weighted by Gasteiger charge is -2.21. The first-order valence-electron chi connectivity index (χ1n) is 7.88. The largest absolute Gasteiger partial charge is 0.317 e. The highest BCUT2D eigenvalue weighted by Gasteiger charge is 2.27. The van der Waals surface area contributed by atoms with Crippen LogP contribution < -0.4 is 10.6 Å². The van der Waals surface area contributed by atoms with Gasteiger partial charge in [-0.1, -0.05) is 24.0 Å². The third-order valence-corrected chi connectivity index (χ3v) is 4.31. The van der Waals surface area contributed by atoms with E-state index in [1.165, 1.54) is 0 Å². The van der Waals surface area contributed by atoms with Crippen molar-refractivity contribution in [1.82, 2.24) is 10.6 Å². The molecule has 1 aromatic rings. The lowest BCUT2D eigenvalue weighted by Crippen LogP contribution is -2.39. The molecule has 2 aliphatic heterocycles. The second kappa shape index (κ2) is 6.76. The number of piperidine rings is 2. The van der Waals surface area contributed by atoms with Crippen LogP contribution in [0.15, 0.2) is 24.3 Å². The van der Waals surface area contributed by atoms with Crippen LogP contribution in [-0.2, 0) is 9.59 Å². The van der Waals surface area contributed by atoms with Crippen LogP contribution >= 0.6 is 0 Å². The van der Waals surface area contributed by atoms with E-state index in [-0.39, 0.29) is 17.7 Å². The summed E-state index contributed by atoms with van der Waals surface area (Å²) in [6, 6.07) is 7.83. The van der Waals surface area contributed by atoms with E-state index in [1.807, 2.05) is 24.3 Å². The van der Waals surface area contributed by atoms with Crippen molar-refractivity contribution in [1.29, 1.82) is 0 Å². The topological polar surface area (TPSA) is 58.2 Å². The van der Waals surface area contributed by atoms with Gasteiger partial charge < -0.3 is 5.32 Å². The Balaban J connectivity index is 1.66. The number of hydrogen-bond donors (Lipinski definition) is 2. The van der Waals surface area contributed by atoms with Gasteiger partial charge in [-0.3, -0.25) is 14.9 Å². The summed E-state index contributed by atoms with van der Waals surface area (Å²) < 4.78 is 0. The predicted molar refractivity (Wildman–Crippen MR) is 84.0 cm³/mol. The van der Waals surface area contributed by atoms with E-state index in [0.29, 0.717) is 18.8 Å². The van der Waals surface area contributed by atoms with Crippen molar-refractivity contribution in [3.05, 3.63) is 35.4 Å². The van der Waals surface area contributed by atoms with Gasteiger partial charge in [-0.25, -0.2) is 0 Å². The number of benzene rings is 1. The van der Waals surface area contributed by atoms with E-state index < -0.39 is 0 Å². The molecule has 0 aliphatic carbocycles. The van der Waals surface area contributed by atoms with E-state index in [2.05, 4.69) is 22.5 Å². The average Bonchev–Trinajstić information content (AvgIpc) is 2.55. The van der Waals surface area contributed by atoms with Crippen molar-refractivity contribution < 1.29 is 9.59 Å². The summed E-state index contributed by atoms with van der Waals surface area (Å²) in [7, 11) is 0. The molecule has 1 unspecified atom stereocenters. The van der Waals surface area contributed by atoms with Gasteiger partial charge in [0.25, 0.3) is 0 Å². The summed E-state index contributed by atoms with van der Waals surface area (Å²) in [6.07, 6.45) is 3.22. The smallest absolute Gasteiger partial charge is 0.234 e. The van der Waals surface area contributed by atoms with Crippen LogP contribution in [0.3, 0.4) is 0 Å². The van der Waals surface area contributed by atoms with Crippen molar-refractivity contribution in [2.24, 2.45) is 5.92 Å². The van der Waals surface area contributed by atoms with Crippen LogP contribution in [0, 0.1) is 17.8 Å². The Morgan fingerprint density at radius 3 is 2.41 bits per heavy atom. The van der Waals surface area contributed by atoms with Crippen molar-refractivity contribution >= 4 is 11.8 Å². The number of hydrogen-bond acceptors (Lipinski definition) is 3. The molecule has 22 heavy (non-hydrogen) atoms. The second-order valence-corrected chi connectivity index (χ2v) is 5.92. The molecule has 2 N–H and O–H groups in total. The molecule has 4 heteroatoms. The highest BCUT2D eigenvalue weighted by Crippen LogP contribution is 2.24. The maximum absolute atomic E-state index is 11.9. The Bertz CT molecular complexity index is 619. The molecule has 0 saturated carbocycles. The third-order valence-electron chi connectivity index (χ3n) is 4.31. The lowest BCUT2D eigenvalue weighted by molar-refractivity contribution is -0.134. The standard InChI is InChI=1S/C18H20N2O2/c21-17-8-7-16(18(22)20-17)15-5-3-13(4-6-15)1-2-14-9-11-19-12-10-14/h3-6,14,16,19H,7-12H2,(H,20,21,22). The predicted octanol–water partition coefficient (Wildman–Crippen LogP) is 1.56. The van der Waals surface area contributed by atoms with Gasteiger partial charge in [-0.15, -0.1) is 0 Å². The molecule has 2 fully saturated rings. The van der Waals surface area contributed by atoms with Crippen molar-refractivity contribution in [2.75, 3.05) is 13.1 Å². The zero-order valence-electron chi connectivity index (χ0n) is 12.5. The Morgan fingerprint density at radius 1 is 1.00 bits per heavy atom. The first-order valence-corrected chi connectivity index (χ1v) is 7.88. The zero-order valence-corrected chi connectivity index (χ0v) is 12.5. The number of carbonyl (C=O) groups excluding carboxylic acids is 2. The summed E-state index contributed by atoms with van der Waals surface area (Å²) in [5.41, 5.74) is 1.94. The number of amides is 2. The molecule has 0 spiro atoms. The monoisotopic (exact) mass is 296 g/mol. The average molecular weight is 296 g/mol. The molecular formula is C18H20N2O2. The summed E-state index contributed by atoms with van der Waals surface area (Å²) in [6.45, 7) is 2.10. The van der Waals surface area contributed by atoms with Crippen LogP contribution in [0.2, 0.25) is 0 Å². The first-order chi connectivity index (χ1) is 10.7. The molecule has 2 aliphatic rings. The van der Waals surface area contributed by atoms with Crippen LogP contribution in [0.25, 0.3) is 0 Å². The minimum absolute atomic E-state index is 0.175. The SMILES string of the molecule is O=C1CCC(c2ccc(C#CC3CCNCC3)cc2)C(=O)N1. The maximum Gasteiger partial charge on any atom is 0.234 e. The Hall–Kier alpha value is -2.12. The molecule has 1 atom stereocenters. The van der Waals surface area contributed by atoms with E-state index >= 15 is 0 Å². The molecule has 3 rings (SSSR count). The van der Waals surface area contributed by atoms with Gasteiger partial charge in [0.2, 0.25) is 11.8 Å². The molecule has 0 aromatic heterocycles. The number of nitrogens with one attached hydrogen (secondary N) is 2. The molecule has 114 valence electrons. The lowest BCUT2D eigenvalue weighted by atomic mass is 9.90. The number of rotatable bonds is 1. The maximum atomic E-state index is 11.9. The molecule has 4 nitrogen and oxygen atoms in total. The molecular weight excluding hydrogens is 276 g/mol. The zero-order chi connectivity index (χ0) is 15.4. The fraction of sp³-hybridized carbons (Fsp3) is 0.444. The van der Waals surface area contributed by atoms with E-state index in [0.717, 1.165) is 37.1 Å². The second-order valence-electron chi connectivity index (χ2n) is 5.92. The van der Waals surface area contributed by atoms with Crippen molar-refractivity contribution in [3.63, 3.8) is 0 Å². The molecule has 2 amide bonds. The quantitative estimate of drug-likeness (QED) is 0.611. The Morgan fingerprint density at radius 2 is 1.73 bits per heavy atom. The molecule has 2 heterocycles. The fourth-order valence-electron chi connectivity index (χ4n) is 2.96. The Labute approximate surface area is 130 Å². The van der Waals surface area contributed by atoms with Crippen LogP contribution in [0.4, 0.5) is 0 Å². The third kappa shape index (κ3) is 3.55. The highest BCUT2D eigenvalue weighted by atomic mass is 16.2. The van der Waals surface area contributed by atoms with Gasteiger partial charge in [0.15, 0.2) is 0 Å².